The third-order valence-electron chi connectivity index (χ3n) is 1.06. The summed E-state index contributed by atoms with van der Waals surface area (Å²) in [5, 5.41) is 8.89. The number of aliphatic hydroxyl groups excluding tert-OH is 1. The van der Waals surface area contributed by atoms with E-state index in [1.54, 1.807) is 0 Å². The number of hydrogen-bond acceptors (Lipinski definition) is 3. The van der Waals surface area contributed by atoms with Crippen LogP contribution in [0, 0.1) is 0 Å². The van der Waals surface area contributed by atoms with Crippen molar-refractivity contribution in [3.8, 4) is 0 Å². The first-order valence-electron chi connectivity index (χ1n) is 3.18. The Kier molecular flexibility index (Phi) is 4.58. The number of esters is 1. The monoisotopic (exact) mass is 144 g/mol. The molecule has 0 heterocycles. The normalized spacial score (nSPS) is 12.2. The average Bonchev–Trinajstić information content (AvgIpc) is 1.99. The Balaban J connectivity index is 3.34. The van der Waals surface area contributed by atoms with E-state index in [4.69, 9.17) is 5.11 Å². The predicted octanol–water partition coefficient (Wildman–Crippen LogP) is 0.486. The van der Waals surface area contributed by atoms with Gasteiger partial charge in [0.1, 0.15) is 6.61 Å². The van der Waals surface area contributed by atoms with Gasteiger partial charge in [-0.15, -0.1) is 0 Å². The largest absolute Gasteiger partial charge is 0.460 e. The van der Waals surface area contributed by atoms with Crippen LogP contribution in [-0.4, -0.2) is 23.8 Å². The van der Waals surface area contributed by atoms with Crippen molar-refractivity contribution >= 4 is 5.97 Å². The Morgan fingerprint density at radius 2 is 2.50 bits per heavy atom. The van der Waals surface area contributed by atoms with E-state index in [1.807, 2.05) is 6.92 Å². The SMILES string of the molecule is C=CC(=O)OCC(O)CC. The highest BCUT2D eigenvalue weighted by atomic mass is 16.5. The minimum absolute atomic E-state index is 0.0569. The van der Waals surface area contributed by atoms with Gasteiger partial charge in [-0.1, -0.05) is 13.5 Å². The van der Waals surface area contributed by atoms with Crippen LogP contribution in [0.4, 0.5) is 0 Å². The van der Waals surface area contributed by atoms with E-state index in [2.05, 4.69) is 11.3 Å². The van der Waals surface area contributed by atoms with Crippen LogP contribution in [0.2, 0.25) is 0 Å². The quantitative estimate of drug-likeness (QED) is 0.461. The van der Waals surface area contributed by atoms with Crippen molar-refractivity contribution in [2.45, 2.75) is 19.4 Å². The molecule has 0 aromatic carbocycles. The Morgan fingerprint density at radius 1 is 1.90 bits per heavy atom. The van der Waals surface area contributed by atoms with E-state index < -0.39 is 12.1 Å². The van der Waals surface area contributed by atoms with Gasteiger partial charge in [-0.05, 0) is 6.42 Å². The summed E-state index contributed by atoms with van der Waals surface area (Å²) in [7, 11) is 0. The van der Waals surface area contributed by atoms with Crippen LogP contribution in [0.25, 0.3) is 0 Å². The molecule has 0 bridgehead atoms. The van der Waals surface area contributed by atoms with Gasteiger partial charge >= 0.3 is 5.97 Å². The molecule has 1 unspecified atom stereocenters. The molecular weight excluding hydrogens is 132 g/mol. The summed E-state index contributed by atoms with van der Waals surface area (Å²) in [4.78, 5) is 10.4. The topological polar surface area (TPSA) is 46.5 Å². The lowest BCUT2D eigenvalue weighted by Crippen LogP contribution is -2.16. The summed E-state index contributed by atoms with van der Waals surface area (Å²) in [6.07, 6.45) is 1.11. The smallest absolute Gasteiger partial charge is 0.330 e. The second-order valence-corrected chi connectivity index (χ2v) is 1.90. The number of ether oxygens (including phenoxy) is 1. The van der Waals surface area contributed by atoms with E-state index >= 15 is 0 Å². The lowest BCUT2D eigenvalue weighted by Gasteiger charge is -2.05. The molecule has 0 aliphatic carbocycles. The highest BCUT2D eigenvalue weighted by molar-refractivity contribution is 5.81. The molecule has 1 atom stereocenters. The number of aliphatic hydroxyl groups is 1. The van der Waals surface area contributed by atoms with E-state index in [-0.39, 0.29) is 6.61 Å². The van der Waals surface area contributed by atoms with Gasteiger partial charge < -0.3 is 9.84 Å². The standard InChI is InChI=1S/C7H12O3/c1-3-6(8)5-10-7(9)4-2/h4,6,8H,2-3,5H2,1H3. The summed E-state index contributed by atoms with van der Waals surface area (Å²) in [6.45, 7) is 5.08. The molecule has 0 aliphatic heterocycles. The fourth-order valence-electron chi connectivity index (χ4n) is 0.355. The van der Waals surface area contributed by atoms with E-state index in [9.17, 15) is 4.79 Å². The molecule has 0 radical (unpaired) electrons. The van der Waals surface area contributed by atoms with Crippen molar-refractivity contribution < 1.29 is 14.6 Å². The molecule has 0 amide bonds. The van der Waals surface area contributed by atoms with Crippen molar-refractivity contribution in [1.82, 2.24) is 0 Å². The summed E-state index contributed by atoms with van der Waals surface area (Å²) in [5.41, 5.74) is 0. The van der Waals surface area contributed by atoms with Gasteiger partial charge in [0.05, 0.1) is 6.10 Å². The molecule has 1 N–H and O–H groups in total. The van der Waals surface area contributed by atoms with Crippen LogP contribution in [0.5, 0.6) is 0 Å². The molecule has 0 aliphatic rings. The number of carbonyl (C=O) groups excluding carboxylic acids is 1. The molecule has 3 nitrogen and oxygen atoms in total. The Bertz CT molecular complexity index is 120. The molecule has 3 heteroatoms. The zero-order chi connectivity index (χ0) is 7.98. The van der Waals surface area contributed by atoms with Crippen molar-refractivity contribution in [2.24, 2.45) is 0 Å². The van der Waals surface area contributed by atoms with Gasteiger partial charge in [0, 0.05) is 6.08 Å². The molecule has 0 rings (SSSR count). The van der Waals surface area contributed by atoms with Gasteiger partial charge in [-0.3, -0.25) is 0 Å². The lowest BCUT2D eigenvalue weighted by atomic mass is 10.3. The van der Waals surface area contributed by atoms with Crippen LogP contribution < -0.4 is 0 Å². The molecule has 0 saturated carbocycles. The summed E-state index contributed by atoms with van der Waals surface area (Å²) < 4.78 is 4.54. The van der Waals surface area contributed by atoms with Gasteiger partial charge in [-0.2, -0.15) is 0 Å². The maximum absolute atomic E-state index is 10.4. The molecule has 10 heavy (non-hydrogen) atoms. The van der Waals surface area contributed by atoms with E-state index in [0.29, 0.717) is 6.42 Å². The van der Waals surface area contributed by atoms with E-state index in [0.717, 1.165) is 6.08 Å². The van der Waals surface area contributed by atoms with Crippen LogP contribution in [-0.2, 0) is 9.53 Å². The van der Waals surface area contributed by atoms with Crippen LogP contribution in [0.15, 0.2) is 12.7 Å². The minimum atomic E-state index is -0.552. The van der Waals surface area contributed by atoms with Crippen molar-refractivity contribution in [2.75, 3.05) is 6.61 Å². The van der Waals surface area contributed by atoms with Crippen molar-refractivity contribution in [3.63, 3.8) is 0 Å². The zero-order valence-corrected chi connectivity index (χ0v) is 6.04. The van der Waals surface area contributed by atoms with Gasteiger partial charge in [0.25, 0.3) is 0 Å². The first-order valence-corrected chi connectivity index (χ1v) is 3.18. The highest BCUT2D eigenvalue weighted by Gasteiger charge is 2.02. The fourth-order valence-corrected chi connectivity index (χ4v) is 0.355. The Hall–Kier alpha value is -0.830. The molecule has 0 aromatic rings. The molecular formula is C7H12O3. The highest BCUT2D eigenvalue weighted by Crippen LogP contribution is 1.90. The van der Waals surface area contributed by atoms with Crippen molar-refractivity contribution in [1.29, 1.82) is 0 Å². The average molecular weight is 144 g/mol. The van der Waals surface area contributed by atoms with Crippen molar-refractivity contribution in [3.05, 3.63) is 12.7 Å². The molecule has 0 aromatic heterocycles. The minimum Gasteiger partial charge on any atom is -0.460 e. The molecule has 0 spiro atoms. The first kappa shape index (κ1) is 9.17. The molecule has 58 valence electrons. The van der Waals surface area contributed by atoms with Crippen LogP contribution in [0.3, 0.4) is 0 Å². The number of hydrogen-bond donors (Lipinski definition) is 1. The van der Waals surface area contributed by atoms with Gasteiger partial charge in [0.2, 0.25) is 0 Å². The van der Waals surface area contributed by atoms with Gasteiger partial charge in [0.15, 0.2) is 0 Å². The second kappa shape index (κ2) is 4.99. The fraction of sp³-hybridized carbons (Fsp3) is 0.571. The van der Waals surface area contributed by atoms with Crippen LogP contribution in [0.1, 0.15) is 13.3 Å². The Morgan fingerprint density at radius 3 is 2.90 bits per heavy atom. The Labute approximate surface area is 60.3 Å². The predicted molar refractivity (Wildman–Crippen MR) is 37.5 cm³/mol. The number of carbonyl (C=O) groups is 1. The second-order valence-electron chi connectivity index (χ2n) is 1.90. The third kappa shape index (κ3) is 4.09. The van der Waals surface area contributed by atoms with Crippen LogP contribution >= 0.6 is 0 Å². The molecule has 0 fully saturated rings. The zero-order valence-electron chi connectivity index (χ0n) is 6.04. The summed E-state index contributed by atoms with van der Waals surface area (Å²) in [6, 6.07) is 0. The van der Waals surface area contributed by atoms with Gasteiger partial charge in [-0.25, -0.2) is 4.79 Å². The molecule has 0 saturated heterocycles. The first-order chi connectivity index (χ1) is 4.70. The number of rotatable bonds is 4. The maximum Gasteiger partial charge on any atom is 0.330 e. The summed E-state index contributed by atoms with van der Waals surface area (Å²) in [5.74, 6) is -0.493. The summed E-state index contributed by atoms with van der Waals surface area (Å²) >= 11 is 0. The lowest BCUT2D eigenvalue weighted by molar-refractivity contribution is -0.140. The third-order valence-corrected chi connectivity index (χ3v) is 1.06. The van der Waals surface area contributed by atoms with E-state index in [1.165, 1.54) is 0 Å². The maximum atomic E-state index is 10.4.